The van der Waals surface area contributed by atoms with Gasteiger partial charge >= 0.3 is 5.97 Å². The molecule has 1 fully saturated rings. The molecule has 1 aliphatic heterocycles. The number of ether oxygens (including phenoxy) is 1. The van der Waals surface area contributed by atoms with Crippen LogP contribution in [-0.4, -0.2) is 49.7 Å². The fourth-order valence-electron chi connectivity index (χ4n) is 2.44. The van der Waals surface area contributed by atoms with Gasteiger partial charge in [0.05, 0.1) is 13.5 Å². The van der Waals surface area contributed by atoms with Gasteiger partial charge in [0.25, 0.3) is 0 Å². The molecule has 0 aromatic heterocycles. The minimum Gasteiger partial charge on any atom is -0.469 e. The first kappa shape index (κ1) is 14.5. The Morgan fingerprint density at radius 2 is 2.29 bits per heavy atom. The highest BCUT2D eigenvalue weighted by atomic mass is 16.5. The smallest absolute Gasteiger partial charge is 0.307 e. The van der Waals surface area contributed by atoms with E-state index in [-0.39, 0.29) is 12.0 Å². The molecule has 0 aromatic rings. The highest BCUT2D eigenvalue weighted by molar-refractivity contribution is 5.69. The predicted molar refractivity (Wildman–Crippen MR) is 69.0 cm³/mol. The number of rotatable bonds is 6. The third-order valence-corrected chi connectivity index (χ3v) is 3.59. The van der Waals surface area contributed by atoms with E-state index in [0.717, 1.165) is 19.6 Å². The summed E-state index contributed by atoms with van der Waals surface area (Å²) in [5.74, 6) is -0.118. The van der Waals surface area contributed by atoms with Crippen LogP contribution in [0.1, 0.15) is 39.5 Å². The largest absolute Gasteiger partial charge is 0.469 e. The maximum Gasteiger partial charge on any atom is 0.307 e. The van der Waals surface area contributed by atoms with Crippen molar-refractivity contribution in [2.75, 3.05) is 26.7 Å². The molecule has 1 heterocycles. The Morgan fingerprint density at radius 1 is 1.53 bits per heavy atom. The van der Waals surface area contributed by atoms with Crippen LogP contribution < -0.4 is 5.32 Å². The Hall–Kier alpha value is -0.610. The minimum absolute atomic E-state index is 0.118. The molecule has 1 aliphatic rings. The van der Waals surface area contributed by atoms with Crippen LogP contribution >= 0.6 is 0 Å². The molecule has 0 amide bonds. The van der Waals surface area contributed by atoms with E-state index >= 15 is 0 Å². The van der Waals surface area contributed by atoms with E-state index < -0.39 is 0 Å². The molecule has 2 atom stereocenters. The number of esters is 1. The average Bonchev–Trinajstić information content (AvgIpc) is 2.36. The molecule has 1 N–H and O–H groups in total. The molecule has 4 nitrogen and oxygen atoms in total. The molecule has 100 valence electrons. The number of carbonyl (C=O) groups is 1. The second-order valence-corrected chi connectivity index (χ2v) is 4.86. The van der Waals surface area contributed by atoms with E-state index in [4.69, 9.17) is 4.74 Å². The molecular weight excluding hydrogens is 216 g/mol. The van der Waals surface area contributed by atoms with Crippen LogP contribution in [0.4, 0.5) is 0 Å². The fraction of sp³-hybridized carbons (Fsp3) is 0.923. The van der Waals surface area contributed by atoms with Crippen LogP contribution in [-0.2, 0) is 9.53 Å². The highest BCUT2D eigenvalue weighted by Gasteiger charge is 2.21. The van der Waals surface area contributed by atoms with Gasteiger partial charge < -0.3 is 10.1 Å². The molecule has 0 aliphatic carbocycles. The van der Waals surface area contributed by atoms with E-state index in [9.17, 15) is 4.79 Å². The van der Waals surface area contributed by atoms with Gasteiger partial charge in [-0.15, -0.1) is 0 Å². The molecule has 2 unspecified atom stereocenters. The lowest BCUT2D eigenvalue weighted by Crippen LogP contribution is -2.47. The van der Waals surface area contributed by atoms with E-state index in [1.165, 1.54) is 26.4 Å². The first-order chi connectivity index (χ1) is 8.17. The third-order valence-electron chi connectivity index (χ3n) is 3.59. The van der Waals surface area contributed by atoms with Crippen molar-refractivity contribution >= 4 is 5.97 Å². The molecular formula is C13H26N2O2. The van der Waals surface area contributed by atoms with E-state index in [2.05, 4.69) is 24.1 Å². The fourth-order valence-corrected chi connectivity index (χ4v) is 2.44. The Labute approximate surface area is 105 Å². The van der Waals surface area contributed by atoms with Gasteiger partial charge in [-0.05, 0) is 32.9 Å². The van der Waals surface area contributed by atoms with Crippen molar-refractivity contribution < 1.29 is 9.53 Å². The SMILES string of the molecule is CCN(CC1CCCCN1)C(C)CC(=O)OC. The topological polar surface area (TPSA) is 41.6 Å². The first-order valence-electron chi connectivity index (χ1n) is 6.71. The number of nitrogens with zero attached hydrogens (tertiary/aromatic N) is 1. The van der Waals surface area contributed by atoms with Crippen LogP contribution in [0.15, 0.2) is 0 Å². The van der Waals surface area contributed by atoms with Gasteiger partial charge in [-0.2, -0.15) is 0 Å². The number of hydrogen-bond donors (Lipinski definition) is 1. The zero-order chi connectivity index (χ0) is 12.7. The predicted octanol–water partition coefficient (Wildman–Crippen LogP) is 1.40. The molecule has 4 heteroatoms. The highest BCUT2D eigenvalue weighted by Crippen LogP contribution is 2.12. The lowest BCUT2D eigenvalue weighted by atomic mass is 10.0. The molecule has 0 aromatic carbocycles. The van der Waals surface area contributed by atoms with E-state index in [1.807, 2.05) is 0 Å². The number of likely N-dealkylation sites (N-methyl/N-ethyl adjacent to an activating group) is 1. The second-order valence-electron chi connectivity index (χ2n) is 4.86. The number of carbonyl (C=O) groups excluding carboxylic acids is 1. The maximum absolute atomic E-state index is 11.3. The molecule has 0 spiro atoms. The van der Waals surface area contributed by atoms with Crippen molar-refractivity contribution in [3.63, 3.8) is 0 Å². The summed E-state index contributed by atoms with van der Waals surface area (Å²) in [4.78, 5) is 13.6. The Balaban J connectivity index is 2.37. The van der Waals surface area contributed by atoms with Gasteiger partial charge in [0.15, 0.2) is 0 Å². The molecule has 1 rings (SSSR count). The van der Waals surface area contributed by atoms with Crippen molar-refractivity contribution in [3.05, 3.63) is 0 Å². The first-order valence-corrected chi connectivity index (χ1v) is 6.71. The van der Waals surface area contributed by atoms with Gasteiger partial charge in [-0.3, -0.25) is 9.69 Å². The van der Waals surface area contributed by atoms with Crippen LogP contribution in [0.5, 0.6) is 0 Å². The molecule has 17 heavy (non-hydrogen) atoms. The third kappa shape index (κ3) is 5.04. The quantitative estimate of drug-likeness (QED) is 0.715. The van der Waals surface area contributed by atoms with Gasteiger partial charge in [-0.1, -0.05) is 13.3 Å². The van der Waals surface area contributed by atoms with Crippen molar-refractivity contribution in [2.24, 2.45) is 0 Å². The summed E-state index contributed by atoms with van der Waals surface area (Å²) in [6, 6.07) is 0.847. The lowest BCUT2D eigenvalue weighted by Gasteiger charge is -2.33. The summed E-state index contributed by atoms with van der Waals surface area (Å²) in [6.45, 7) is 7.40. The summed E-state index contributed by atoms with van der Waals surface area (Å²) in [7, 11) is 1.45. The van der Waals surface area contributed by atoms with Crippen LogP contribution in [0.2, 0.25) is 0 Å². The van der Waals surface area contributed by atoms with Crippen LogP contribution in [0.3, 0.4) is 0 Å². The zero-order valence-corrected chi connectivity index (χ0v) is 11.4. The Kier molecular flexibility index (Phi) is 6.52. The number of hydrogen-bond acceptors (Lipinski definition) is 4. The van der Waals surface area contributed by atoms with Crippen molar-refractivity contribution in [1.29, 1.82) is 0 Å². The standard InChI is InChI=1S/C13H26N2O2/c1-4-15(11(2)9-13(16)17-3)10-12-7-5-6-8-14-12/h11-12,14H,4-10H2,1-3H3. The average molecular weight is 242 g/mol. The summed E-state index contributed by atoms with van der Waals surface area (Å²) in [5, 5.41) is 3.55. The molecule has 0 saturated carbocycles. The summed E-state index contributed by atoms with van der Waals surface area (Å²) in [5.41, 5.74) is 0. The zero-order valence-electron chi connectivity index (χ0n) is 11.4. The van der Waals surface area contributed by atoms with Crippen molar-refractivity contribution in [3.8, 4) is 0 Å². The maximum atomic E-state index is 11.3. The second kappa shape index (κ2) is 7.67. The Bertz CT molecular complexity index is 227. The van der Waals surface area contributed by atoms with E-state index in [0.29, 0.717) is 12.5 Å². The summed E-state index contributed by atoms with van der Waals surface area (Å²) < 4.78 is 4.72. The normalized spacial score (nSPS) is 22.5. The van der Waals surface area contributed by atoms with E-state index in [1.54, 1.807) is 0 Å². The molecule has 0 bridgehead atoms. The van der Waals surface area contributed by atoms with Crippen molar-refractivity contribution in [1.82, 2.24) is 10.2 Å². The number of methoxy groups -OCH3 is 1. The minimum atomic E-state index is -0.118. The molecule has 1 saturated heterocycles. The number of nitrogens with one attached hydrogen (secondary N) is 1. The van der Waals surface area contributed by atoms with Gasteiger partial charge in [-0.25, -0.2) is 0 Å². The Morgan fingerprint density at radius 3 is 2.82 bits per heavy atom. The van der Waals surface area contributed by atoms with Crippen molar-refractivity contribution in [2.45, 2.75) is 51.6 Å². The monoisotopic (exact) mass is 242 g/mol. The van der Waals surface area contributed by atoms with Gasteiger partial charge in [0.2, 0.25) is 0 Å². The molecule has 0 radical (unpaired) electrons. The summed E-state index contributed by atoms with van der Waals surface area (Å²) in [6.07, 6.45) is 4.35. The van der Waals surface area contributed by atoms with Crippen LogP contribution in [0, 0.1) is 0 Å². The van der Waals surface area contributed by atoms with Gasteiger partial charge in [0, 0.05) is 18.6 Å². The van der Waals surface area contributed by atoms with Crippen LogP contribution in [0.25, 0.3) is 0 Å². The summed E-state index contributed by atoms with van der Waals surface area (Å²) >= 11 is 0. The van der Waals surface area contributed by atoms with Gasteiger partial charge in [0.1, 0.15) is 0 Å². The number of piperidine rings is 1. The lowest BCUT2D eigenvalue weighted by molar-refractivity contribution is -0.141.